The molecule has 5 rings (SSSR count). The van der Waals surface area contributed by atoms with Crippen LogP contribution < -0.4 is 10.2 Å². The van der Waals surface area contributed by atoms with Gasteiger partial charge in [-0.15, -0.1) is 0 Å². The number of anilines is 2. The molecule has 4 aromatic rings. The Morgan fingerprint density at radius 1 is 0.897 bits per heavy atom. The minimum atomic E-state index is 0.739. The average molecular weight is 380 g/mol. The van der Waals surface area contributed by atoms with Crippen LogP contribution >= 0.6 is 0 Å². The molecule has 0 radical (unpaired) electrons. The van der Waals surface area contributed by atoms with Crippen LogP contribution in [-0.4, -0.2) is 16.5 Å². The number of rotatable bonds is 4. The number of nitrogens with zero attached hydrogens (tertiary/aromatic N) is 3. The number of aryl methyl sites for hydroxylation is 1. The Hall–Kier alpha value is -3.40. The molecule has 0 bridgehead atoms. The van der Waals surface area contributed by atoms with Gasteiger partial charge in [0.2, 0.25) is 5.95 Å². The lowest BCUT2D eigenvalue weighted by atomic mass is 9.96. The van der Waals surface area contributed by atoms with Crippen LogP contribution in [0.25, 0.3) is 10.9 Å². The molecule has 144 valence electrons. The number of para-hydroxylation sites is 1. The maximum absolute atomic E-state index is 4.95. The van der Waals surface area contributed by atoms with Gasteiger partial charge in [0.1, 0.15) is 5.82 Å². The summed E-state index contributed by atoms with van der Waals surface area (Å²) in [5.41, 5.74) is 6.41. The fourth-order valence-corrected chi connectivity index (χ4v) is 4.04. The van der Waals surface area contributed by atoms with Gasteiger partial charge in [-0.1, -0.05) is 60.7 Å². The molecule has 0 unspecified atom stereocenters. The van der Waals surface area contributed by atoms with E-state index in [2.05, 4.69) is 71.7 Å². The first-order chi connectivity index (χ1) is 14.3. The molecule has 29 heavy (non-hydrogen) atoms. The second-order valence-corrected chi connectivity index (χ2v) is 7.61. The third-order valence-corrected chi connectivity index (χ3v) is 5.68. The summed E-state index contributed by atoms with van der Waals surface area (Å²) in [4.78, 5) is 12.1. The molecule has 3 aromatic carbocycles. The smallest absolute Gasteiger partial charge is 0.228 e. The number of hydrogen-bond acceptors (Lipinski definition) is 4. The maximum atomic E-state index is 4.95. The standard InChI is InChI=1S/C25H24N4/c1-18-8-7-11-20-14-15-29(17-22(18)20)25-27-23-13-6-5-12-21(23)24(28-25)26-16-19-9-3-2-4-10-19/h2-13H,14-17H2,1H3,(H,26,27,28). The molecule has 1 aliphatic rings. The van der Waals surface area contributed by atoms with Crippen LogP contribution in [0.3, 0.4) is 0 Å². The molecule has 0 fully saturated rings. The number of nitrogens with one attached hydrogen (secondary N) is 1. The highest BCUT2D eigenvalue weighted by atomic mass is 15.3. The Bertz CT molecular complexity index is 1150. The van der Waals surface area contributed by atoms with Crippen molar-refractivity contribution in [3.8, 4) is 0 Å². The Morgan fingerprint density at radius 3 is 2.62 bits per heavy atom. The van der Waals surface area contributed by atoms with Crippen LogP contribution in [0.5, 0.6) is 0 Å². The lowest BCUT2D eigenvalue weighted by molar-refractivity contribution is 0.706. The molecular formula is C25H24N4. The highest BCUT2D eigenvalue weighted by molar-refractivity contribution is 5.90. The lowest BCUT2D eigenvalue weighted by Gasteiger charge is -2.30. The Balaban J connectivity index is 1.49. The number of fused-ring (bicyclic) bond motifs is 2. The van der Waals surface area contributed by atoms with Gasteiger partial charge in [-0.25, -0.2) is 4.98 Å². The Kier molecular flexibility index (Phi) is 4.60. The van der Waals surface area contributed by atoms with Crippen LogP contribution in [0.2, 0.25) is 0 Å². The second-order valence-electron chi connectivity index (χ2n) is 7.61. The summed E-state index contributed by atoms with van der Waals surface area (Å²) in [6.07, 6.45) is 1.03. The average Bonchev–Trinajstić information content (AvgIpc) is 2.78. The number of benzene rings is 3. The molecule has 0 aliphatic carbocycles. The van der Waals surface area contributed by atoms with Gasteiger partial charge in [0.15, 0.2) is 0 Å². The van der Waals surface area contributed by atoms with Crippen LogP contribution in [-0.2, 0) is 19.5 Å². The molecule has 1 N–H and O–H groups in total. The van der Waals surface area contributed by atoms with Gasteiger partial charge in [0.05, 0.1) is 5.52 Å². The molecule has 4 nitrogen and oxygen atoms in total. The van der Waals surface area contributed by atoms with Gasteiger partial charge >= 0.3 is 0 Å². The Morgan fingerprint density at radius 2 is 1.72 bits per heavy atom. The van der Waals surface area contributed by atoms with Crippen molar-refractivity contribution >= 4 is 22.7 Å². The van der Waals surface area contributed by atoms with Crippen molar-refractivity contribution in [2.24, 2.45) is 0 Å². The van der Waals surface area contributed by atoms with Gasteiger partial charge in [-0.2, -0.15) is 4.98 Å². The highest BCUT2D eigenvalue weighted by Crippen LogP contribution is 2.28. The first kappa shape index (κ1) is 17.7. The van der Waals surface area contributed by atoms with Gasteiger partial charge in [-0.05, 0) is 47.7 Å². The predicted molar refractivity (Wildman–Crippen MR) is 119 cm³/mol. The number of hydrogen-bond donors (Lipinski definition) is 1. The monoisotopic (exact) mass is 380 g/mol. The normalized spacial score (nSPS) is 13.3. The summed E-state index contributed by atoms with van der Waals surface area (Å²) in [6.45, 7) is 4.73. The van der Waals surface area contributed by atoms with E-state index in [1.165, 1.54) is 22.3 Å². The molecule has 0 atom stereocenters. The van der Waals surface area contributed by atoms with Gasteiger partial charge in [0.25, 0.3) is 0 Å². The van der Waals surface area contributed by atoms with Crippen LogP contribution in [0, 0.1) is 6.92 Å². The van der Waals surface area contributed by atoms with Crippen molar-refractivity contribution in [2.45, 2.75) is 26.4 Å². The minimum Gasteiger partial charge on any atom is -0.365 e. The zero-order valence-electron chi connectivity index (χ0n) is 16.6. The van der Waals surface area contributed by atoms with E-state index in [0.29, 0.717) is 0 Å². The van der Waals surface area contributed by atoms with Crippen LogP contribution in [0.4, 0.5) is 11.8 Å². The van der Waals surface area contributed by atoms with E-state index >= 15 is 0 Å². The molecule has 0 saturated heterocycles. The van der Waals surface area contributed by atoms with Crippen molar-refractivity contribution in [3.63, 3.8) is 0 Å². The molecule has 0 saturated carbocycles. The van der Waals surface area contributed by atoms with Gasteiger partial charge < -0.3 is 10.2 Å². The lowest BCUT2D eigenvalue weighted by Crippen LogP contribution is -2.32. The summed E-state index contributed by atoms with van der Waals surface area (Å²) in [5.74, 6) is 1.69. The maximum Gasteiger partial charge on any atom is 0.228 e. The zero-order valence-corrected chi connectivity index (χ0v) is 16.6. The summed E-state index contributed by atoms with van der Waals surface area (Å²) in [5, 5.41) is 4.59. The highest BCUT2D eigenvalue weighted by Gasteiger charge is 2.21. The van der Waals surface area contributed by atoms with E-state index < -0.39 is 0 Å². The molecule has 2 heterocycles. The van der Waals surface area contributed by atoms with Crippen molar-refractivity contribution in [3.05, 3.63) is 95.1 Å². The van der Waals surface area contributed by atoms with E-state index in [1.807, 2.05) is 18.2 Å². The predicted octanol–water partition coefficient (Wildman–Crippen LogP) is 5.11. The molecule has 4 heteroatoms. The molecule has 0 spiro atoms. The van der Waals surface area contributed by atoms with E-state index in [9.17, 15) is 0 Å². The van der Waals surface area contributed by atoms with Crippen LogP contribution in [0.15, 0.2) is 72.8 Å². The van der Waals surface area contributed by atoms with Crippen molar-refractivity contribution < 1.29 is 0 Å². The summed E-state index contributed by atoms with van der Waals surface area (Å²) < 4.78 is 0. The third kappa shape index (κ3) is 3.54. The summed E-state index contributed by atoms with van der Waals surface area (Å²) in [6, 6.07) is 25.2. The van der Waals surface area contributed by atoms with Crippen molar-refractivity contribution in [1.29, 1.82) is 0 Å². The fourth-order valence-electron chi connectivity index (χ4n) is 4.04. The topological polar surface area (TPSA) is 41.1 Å². The van der Waals surface area contributed by atoms with E-state index in [1.54, 1.807) is 0 Å². The zero-order chi connectivity index (χ0) is 19.6. The summed E-state index contributed by atoms with van der Waals surface area (Å²) >= 11 is 0. The first-order valence-electron chi connectivity index (χ1n) is 10.1. The minimum absolute atomic E-state index is 0.739. The quantitative estimate of drug-likeness (QED) is 0.534. The van der Waals surface area contributed by atoms with Gasteiger partial charge in [0, 0.05) is 25.0 Å². The largest absolute Gasteiger partial charge is 0.365 e. The molecular weight excluding hydrogens is 356 g/mol. The number of aromatic nitrogens is 2. The van der Waals surface area contributed by atoms with Crippen LogP contribution in [0.1, 0.15) is 22.3 Å². The SMILES string of the molecule is Cc1cccc2c1CN(c1nc(NCc3ccccc3)c3ccccc3n1)CC2. The van der Waals surface area contributed by atoms with Crippen molar-refractivity contribution in [2.75, 3.05) is 16.8 Å². The van der Waals surface area contributed by atoms with Gasteiger partial charge in [-0.3, -0.25) is 0 Å². The van der Waals surface area contributed by atoms with E-state index in [0.717, 1.165) is 48.7 Å². The second kappa shape index (κ2) is 7.55. The molecule has 1 aromatic heterocycles. The van der Waals surface area contributed by atoms with E-state index in [4.69, 9.17) is 9.97 Å². The fraction of sp³-hybridized carbons (Fsp3) is 0.200. The molecule has 1 aliphatic heterocycles. The first-order valence-corrected chi connectivity index (χ1v) is 10.1. The molecule has 0 amide bonds. The Labute approximate surface area is 171 Å². The van der Waals surface area contributed by atoms with Crippen molar-refractivity contribution in [1.82, 2.24) is 9.97 Å². The summed E-state index contributed by atoms with van der Waals surface area (Å²) in [7, 11) is 0. The third-order valence-electron chi connectivity index (χ3n) is 5.68. The van der Waals surface area contributed by atoms with E-state index in [-0.39, 0.29) is 0 Å².